The van der Waals surface area contributed by atoms with E-state index >= 15 is 0 Å². The maximum atomic E-state index is 13.2. The number of carbonyl (C=O) groups is 1. The zero-order chi connectivity index (χ0) is 49.6. The second kappa shape index (κ2) is 48.2. The van der Waals surface area contributed by atoms with Crippen LogP contribution in [-0.2, 0) is 14.3 Å². The van der Waals surface area contributed by atoms with Crippen LogP contribution in [0.2, 0.25) is 0 Å². The molecule has 8 atom stereocenters. The average molecular weight is 969 g/mol. The Bertz CT molecular complexity index is 1090. The molecule has 1 saturated heterocycles. The first kappa shape index (κ1) is 64.9. The third-order valence-corrected chi connectivity index (χ3v) is 14.5. The molecule has 1 heterocycles. The topological polar surface area (TPSA) is 169 Å². The summed E-state index contributed by atoms with van der Waals surface area (Å²) >= 11 is 0. The molecule has 0 aromatic carbocycles. The summed E-state index contributed by atoms with van der Waals surface area (Å²) in [6, 6.07) is -0.893. The molecule has 10 nitrogen and oxygen atoms in total. The number of allylic oxidation sites excluding steroid dienone is 2. The van der Waals surface area contributed by atoms with Crippen molar-refractivity contribution in [2.75, 3.05) is 13.2 Å². The van der Waals surface area contributed by atoms with Crippen molar-refractivity contribution in [3.05, 3.63) is 12.2 Å². The number of unbranched alkanes of at least 4 members (excludes halogenated alkanes) is 38. The van der Waals surface area contributed by atoms with Gasteiger partial charge in [0.2, 0.25) is 5.91 Å². The van der Waals surface area contributed by atoms with Gasteiger partial charge in [0.15, 0.2) is 6.29 Å². The number of ether oxygens (including phenoxy) is 2. The van der Waals surface area contributed by atoms with Crippen molar-refractivity contribution in [1.29, 1.82) is 0 Å². The molecule has 1 aliphatic rings. The van der Waals surface area contributed by atoms with Crippen molar-refractivity contribution in [2.24, 2.45) is 0 Å². The van der Waals surface area contributed by atoms with Gasteiger partial charge in [0.25, 0.3) is 0 Å². The summed E-state index contributed by atoms with van der Waals surface area (Å²) in [5.41, 5.74) is 0. The molecular formula is C58H113NO9. The van der Waals surface area contributed by atoms with E-state index in [9.17, 15) is 35.4 Å². The number of nitrogens with one attached hydrogen (secondary N) is 1. The fourth-order valence-corrected chi connectivity index (χ4v) is 9.70. The van der Waals surface area contributed by atoms with Crippen LogP contribution < -0.4 is 5.32 Å². The monoisotopic (exact) mass is 968 g/mol. The van der Waals surface area contributed by atoms with E-state index < -0.39 is 61.5 Å². The summed E-state index contributed by atoms with van der Waals surface area (Å²) in [6.07, 6.45) is 48.5. The summed E-state index contributed by atoms with van der Waals surface area (Å²) in [5, 5.41) is 65.2. The lowest BCUT2D eigenvalue weighted by Gasteiger charge is -2.40. The number of aliphatic hydroxyl groups excluding tert-OH is 6. The quantitative estimate of drug-likeness (QED) is 0.0232. The summed E-state index contributed by atoms with van der Waals surface area (Å²) in [5.74, 6) is -0.580. The molecule has 0 radical (unpaired) electrons. The Kier molecular flexibility index (Phi) is 46.0. The molecule has 0 spiro atoms. The van der Waals surface area contributed by atoms with Crippen molar-refractivity contribution >= 4 is 5.91 Å². The highest BCUT2D eigenvalue weighted by Crippen LogP contribution is 2.23. The number of hydrogen-bond acceptors (Lipinski definition) is 9. The minimum Gasteiger partial charge on any atom is -0.394 e. The Hall–Kier alpha value is -1.11. The van der Waals surface area contributed by atoms with E-state index in [4.69, 9.17) is 9.47 Å². The lowest BCUT2D eigenvalue weighted by Crippen LogP contribution is -2.60. The van der Waals surface area contributed by atoms with Gasteiger partial charge in [0.05, 0.1) is 25.4 Å². The largest absolute Gasteiger partial charge is 0.394 e. The van der Waals surface area contributed by atoms with E-state index in [0.29, 0.717) is 12.8 Å². The Labute approximate surface area is 419 Å². The average Bonchev–Trinajstić information content (AvgIpc) is 3.34. The minimum absolute atomic E-state index is 0.252. The number of carbonyl (C=O) groups excluding carboxylic acids is 1. The Morgan fingerprint density at radius 3 is 1.19 bits per heavy atom. The highest BCUT2D eigenvalue weighted by Gasteiger charge is 2.44. The maximum Gasteiger partial charge on any atom is 0.249 e. The van der Waals surface area contributed by atoms with Gasteiger partial charge in [0.1, 0.15) is 30.5 Å². The second-order valence-electron chi connectivity index (χ2n) is 20.9. The third-order valence-electron chi connectivity index (χ3n) is 14.5. The van der Waals surface area contributed by atoms with Crippen molar-refractivity contribution in [3.8, 4) is 0 Å². The van der Waals surface area contributed by atoms with Crippen LogP contribution in [0.3, 0.4) is 0 Å². The second-order valence-corrected chi connectivity index (χ2v) is 20.9. The standard InChI is InChI=1S/C58H113NO9/c1-3-5-7-9-11-13-15-17-19-21-22-23-24-25-26-27-28-29-31-33-35-37-39-41-43-45-47-52(62)57(66)59-50(49-67-58-56(65)55(64)54(63)53(48-60)68-58)51(61)46-44-42-40-38-36-34-32-30-20-18-16-14-12-10-8-6-4-2/h25-26,50-56,58,60-65H,3-24,27-49H2,1-2H3,(H,59,66)/b26-25-. The number of hydrogen-bond donors (Lipinski definition) is 7. The summed E-state index contributed by atoms with van der Waals surface area (Å²) in [4.78, 5) is 13.2. The van der Waals surface area contributed by atoms with Gasteiger partial charge in [0, 0.05) is 0 Å². The molecule has 0 saturated carbocycles. The van der Waals surface area contributed by atoms with Gasteiger partial charge in [-0.1, -0.05) is 264 Å². The van der Waals surface area contributed by atoms with Crippen LogP contribution in [0, 0.1) is 0 Å². The first-order valence-corrected chi connectivity index (χ1v) is 29.5. The highest BCUT2D eigenvalue weighted by molar-refractivity contribution is 5.80. The molecule has 0 bridgehead atoms. The smallest absolute Gasteiger partial charge is 0.249 e. The first-order valence-electron chi connectivity index (χ1n) is 29.5. The van der Waals surface area contributed by atoms with Gasteiger partial charge in [-0.2, -0.15) is 0 Å². The van der Waals surface area contributed by atoms with Crippen LogP contribution in [-0.4, -0.2) is 98.7 Å². The van der Waals surface area contributed by atoms with Crippen LogP contribution in [0.15, 0.2) is 12.2 Å². The molecule has 1 rings (SSSR count). The fourth-order valence-electron chi connectivity index (χ4n) is 9.70. The Morgan fingerprint density at radius 1 is 0.485 bits per heavy atom. The fraction of sp³-hybridized carbons (Fsp3) is 0.948. The molecule has 1 fully saturated rings. The van der Waals surface area contributed by atoms with Crippen molar-refractivity contribution in [2.45, 2.75) is 339 Å². The van der Waals surface area contributed by atoms with Gasteiger partial charge in [-0.15, -0.1) is 0 Å². The molecule has 404 valence electrons. The molecule has 8 unspecified atom stereocenters. The zero-order valence-electron chi connectivity index (χ0n) is 44.5. The van der Waals surface area contributed by atoms with Crippen LogP contribution in [0.4, 0.5) is 0 Å². The van der Waals surface area contributed by atoms with Gasteiger partial charge in [-0.05, 0) is 38.5 Å². The number of amides is 1. The lowest BCUT2D eigenvalue weighted by atomic mass is 9.99. The van der Waals surface area contributed by atoms with Crippen molar-refractivity contribution in [3.63, 3.8) is 0 Å². The number of aliphatic hydroxyl groups is 6. The zero-order valence-corrected chi connectivity index (χ0v) is 44.5. The molecule has 0 aliphatic carbocycles. The van der Waals surface area contributed by atoms with Gasteiger partial charge >= 0.3 is 0 Å². The van der Waals surface area contributed by atoms with Crippen molar-refractivity contribution < 1.29 is 44.9 Å². The predicted octanol–water partition coefficient (Wildman–Crippen LogP) is 13.4. The SMILES string of the molecule is CCCCCCCCCCCCCC/C=C\CCCCCCCCCCCCC(O)C(=O)NC(COC1OC(CO)C(O)C(O)C1O)C(O)CCCCCCCCCCCCCCCCCCC. The van der Waals surface area contributed by atoms with E-state index in [2.05, 4.69) is 31.3 Å². The summed E-state index contributed by atoms with van der Waals surface area (Å²) in [6.45, 7) is 3.71. The molecule has 7 N–H and O–H groups in total. The molecule has 10 heteroatoms. The van der Waals surface area contributed by atoms with Crippen LogP contribution in [0.5, 0.6) is 0 Å². The molecular weight excluding hydrogens is 855 g/mol. The predicted molar refractivity (Wildman–Crippen MR) is 283 cm³/mol. The first-order chi connectivity index (χ1) is 33.3. The maximum absolute atomic E-state index is 13.2. The van der Waals surface area contributed by atoms with Gasteiger partial charge in [-0.25, -0.2) is 0 Å². The lowest BCUT2D eigenvalue weighted by molar-refractivity contribution is -0.302. The summed E-state index contributed by atoms with van der Waals surface area (Å²) in [7, 11) is 0. The molecule has 68 heavy (non-hydrogen) atoms. The van der Waals surface area contributed by atoms with E-state index in [-0.39, 0.29) is 6.61 Å². The normalized spacial score (nSPS) is 20.0. The van der Waals surface area contributed by atoms with E-state index in [1.54, 1.807) is 0 Å². The van der Waals surface area contributed by atoms with Crippen molar-refractivity contribution in [1.82, 2.24) is 5.32 Å². The number of rotatable bonds is 51. The van der Waals surface area contributed by atoms with E-state index in [1.807, 2.05) is 0 Å². The Morgan fingerprint density at radius 2 is 0.824 bits per heavy atom. The van der Waals surface area contributed by atoms with E-state index in [0.717, 1.165) is 51.4 Å². The Balaban J connectivity index is 2.22. The summed E-state index contributed by atoms with van der Waals surface area (Å²) < 4.78 is 11.2. The minimum atomic E-state index is -1.60. The van der Waals surface area contributed by atoms with Gasteiger partial charge < -0.3 is 45.4 Å². The highest BCUT2D eigenvalue weighted by atomic mass is 16.7. The van der Waals surface area contributed by atoms with Crippen LogP contribution >= 0.6 is 0 Å². The van der Waals surface area contributed by atoms with Crippen LogP contribution in [0.1, 0.15) is 290 Å². The van der Waals surface area contributed by atoms with E-state index in [1.165, 1.54) is 212 Å². The molecule has 0 aromatic heterocycles. The van der Waals surface area contributed by atoms with Gasteiger partial charge in [-0.3, -0.25) is 4.79 Å². The molecule has 0 aromatic rings. The molecule has 1 aliphatic heterocycles. The third kappa shape index (κ3) is 36.8. The molecule has 1 amide bonds. The van der Waals surface area contributed by atoms with Crippen LogP contribution in [0.25, 0.3) is 0 Å².